The number of nitriles is 1. The number of hydrogen-bond acceptors (Lipinski definition) is 1. The highest BCUT2D eigenvalue weighted by atomic mass is 19.1. The first kappa shape index (κ1) is 8.48. The van der Waals surface area contributed by atoms with Gasteiger partial charge in [0.25, 0.3) is 0 Å². The molecule has 0 radical (unpaired) electrons. The molecule has 0 saturated heterocycles. The third-order valence-corrected chi connectivity index (χ3v) is 1.59. The van der Waals surface area contributed by atoms with Crippen molar-refractivity contribution in [1.29, 1.82) is 5.26 Å². The van der Waals surface area contributed by atoms with E-state index < -0.39 is 6.17 Å². The van der Waals surface area contributed by atoms with Crippen molar-refractivity contribution in [3.8, 4) is 6.07 Å². The van der Waals surface area contributed by atoms with Crippen molar-refractivity contribution in [1.82, 2.24) is 0 Å². The Morgan fingerprint density at radius 1 is 1.50 bits per heavy atom. The van der Waals surface area contributed by atoms with Gasteiger partial charge >= 0.3 is 0 Å². The molecule has 1 atom stereocenters. The van der Waals surface area contributed by atoms with Gasteiger partial charge in [0.2, 0.25) is 0 Å². The van der Waals surface area contributed by atoms with E-state index in [0.717, 1.165) is 0 Å². The number of halogens is 1. The van der Waals surface area contributed by atoms with Crippen LogP contribution in [0.4, 0.5) is 4.39 Å². The Balaban J connectivity index is 3.15. The number of nitrogens with zero attached hydrogens (tertiary/aromatic N) is 1. The Morgan fingerprint density at radius 2 is 2.17 bits per heavy atom. The summed E-state index contributed by atoms with van der Waals surface area (Å²) in [4.78, 5) is 0. The second-order valence-electron chi connectivity index (χ2n) is 2.34. The van der Waals surface area contributed by atoms with Gasteiger partial charge in [-0.1, -0.05) is 30.9 Å². The van der Waals surface area contributed by atoms with E-state index in [1.807, 2.05) is 6.07 Å². The molecule has 0 aliphatic rings. The van der Waals surface area contributed by atoms with Crippen molar-refractivity contribution in [2.75, 3.05) is 0 Å². The molecular weight excluding hydrogens is 153 g/mol. The smallest absolute Gasteiger partial charge is 0.144 e. The molecule has 0 amide bonds. The second-order valence-corrected chi connectivity index (χ2v) is 2.34. The number of hydrogen-bond donors (Lipinski definition) is 0. The lowest BCUT2D eigenvalue weighted by Gasteiger charge is -2.03. The minimum absolute atomic E-state index is 0.366. The Kier molecular flexibility index (Phi) is 2.60. The minimum Gasteiger partial charge on any atom is -0.238 e. The maximum absolute atomic E-state index is 13.0. The fraction of sp³-hybridized carbons (Fsp3) is 0.100. The maximum atomic E-state index is 13.0. The maximum Gasteiger partial charge on any atom is 0.144 e. The van der Waals surface area contributed by atoms with Gasteiger partial charge in [0.05, 0.1) is 11.6 Å². The van der Waals surface area contributed by atoms with E-state index in [0.29, 0.717) is 11.1 Å². The molecule has 1 rings (SSSR count). The number of allylic oxidation sites excluding steroid dienone is 1. The molecule has 1 unspecified atom stereocenters. The van der Waals surface area contributed by atoms with Gasteiger partial charge in [-0.05, 0) is 6.07 Å². The molecule has 1 aromatic carbocycles. The molecule has 0 aliphatic carbocycles. The molecule has 0 aliphatic heterocycles. The van der Waals surface area contributed by atoms with Crippen LogP contribution in [0.5, 0.6) is 0 Å². The van der Waals surface area contributed by atoms with E-state index in [-0.39, 0.29) is 0 Å². The van der Waals surface area contributed by atoms with Crippen molar-refractivity contribution in [3.05, 3.63) is 48.0 Å². The molecule has 12 heavy (non-hydrogen) atoms. The molecule has 1 nitrogen and oxygen atoms in total. The van der Waals surface area contributed by atoms with Crippen LogP contribution in [0.1, 0.15) is 17.3 Å². The molecule has 0 N–H and O–H groups in total. The summed E-state index contributed by atoms with van der Waals surface area (Å²) >= 11 is 0. The molecule has 0 heterocycles. The lowest BCUT2D eigenvalue weighted by atomic mass is 10.0. The molecule has 1 aromatic rings. The highest BCUT2D eigenvalue weighted by molar-refractivity contribution is 5.39. The van der Waals surface area contributed by atoms with Crippen molar-refractivity contribution in [3.63, 3.8) is 0 Å². The first-order chi connectivity index (χ1) is 5.79. The molecule has 2 heteroatoms. The van der Waals surface area contributed by atoms with Crippen LogP contribution in [0.15, 0.2) is 36.9 Å². The summed E-state index contributed by atoms with van der Waals surface area (Å²) in [6, 6.07) is 8.51. The quantitative estimate of drug-likeness (QED) is 0.612. The lowest BCUT2D eigenvalue weighted by molar-refractivity contribution is 0.414. The molecule has 60 valence electrons. The van der Waals surface area contributed by atoms with Gasteiger partial charge in [-0.25, -0.2) is 4.39 Å². The largest absolute Gasteiger partial charge is 0.238 e. The van der Waals surface area contributed by atoms with E-state index in [2.05, 4.69) is 6.58 Å². The van der Waals surface area contributed by atoms with Gasteiger partial charge in [0.1, 0.15) is 6.17 Å². The lowest BCUT2D eigenvalue weighted by Crippen LogP contribution is -1.90. The van der Waals surface area contributed by atoms with Crippen LogP contribution in [-0.2, 0) is 0 Å². The van der Waals surface area contributed by atoms with Crippen LogP contribution in [0.3, 0.4) is 0 Å². The van der Waals surface area contributed by atoms with Gasteiger partial charge in [-0.3, -0.25) is 0 Å². The first-order valence-electron chi connectivity index (χ1n) is 3.55. The zero-order valence-electron chi connectivity index (χ0n) is 6.50. The highest BCUT2D eigenvalue weighted by Crippen LogP contribution is 2.21. The summed E-state index contributed by atoms with van der Waals surface area (Å²) in [5.74, 6) is 0. The average Bonchev–Trinajstić information content (AvgIpc) is 2.16. The summed E-state index contributed by atoms with van der Waals surface area (Å²) < 4.78 is 13.0. The van der Waals surface area contributed by atoms with Crippen LogP contribution in [0.25, 0.3) is 0 Å². The van der Waals surface area contributed by atoms with E-state index in [1.165, 1.54) is 6.08 Å². The topological polar surface area (TPSA) is 23.8 Å². The fourth-order valence-electron chi connectivity index (χ4n) is 0.966. The van der Waals surface area contributed by atoms with E-state index in [9.17, 15) is 4.39 Å². The molecular formula is C10H8FN. The zero-order chi connectivity index (χ0) is 8.97. The predicted molar refractivity (Wildman–Crippen MR) is 45.2 cm³/mol. The Morgan fingerprint density at radius 3 is 2.75 bits per heavy atom. The summed E-state index contributed by atoms with van der Waals surface area (Å²) in [5.41, 5.74) is 0.750. The van der Waals surface area contributed by atoms with E-state index in [4.69, 9.17) is 5.26 Å². The van der Waals surface area contributed by atoms with Crippen LogP contribution in [0.2, 0.25) is 0 Å². The third-order valence-electron chi connectivity index (χ3n) is 1.59. The minimum atomic E-state index is -1.25. The second kappa shape index (κ2) is 3.68. The normalized spacial score (nSPS) is 11.7. The van der Waals surface area contributed by atoms with Gasteiger partial charge in [0.15, 0.2) is 0 Å². The van der Waals surface area contributed by atoms with E-state index in [1.54, 1.807) is 24.3 Å². The standard InChI is InChI=1S/C10H8FN/c1-2-10(11)9-6-4-3-5-8(9)7-12/h2-6,10H,1H2. The van der Waals surface area contributed by atoms with Crippen molar-refractivity contribution >= 4 is 0 Å². The molecule has 0 saturated carbocycles. The van der Waals surface area contributed by atoms with Gasteiger partial charge in [-0.15, -0.1) is 0 Å². The Hall–Kier alpha value is -1.62. The van der Waals surface area contributed by atoms with Crippen LogP contribution in [-0.4, -0.2) is 0 Å². The van der Waals surface area contributed by atoms with Crippen LogP contribution in [0, 0.1) is 11.3 Å². The first-order valence-corrected chi connectivity index (χ1v) is 3.55. The summed E-state index contributed by atoms with van der Waals surface area (Å²) in [6.45, 7) is 3.33. The molecule has 0 bridgehead atoms. The average molecular weight is 161 g/mol. The number of alkyl halides is 1. The Labute approximate surface area is 70.8 Å². The van der Waals surface area contributed by atoms with Crippen molar-refractivity contribution in [2.24, 2.45) is 0 Å². The summed E-state index contributed by atoms with van der Waals surface area (Å²) in [5, 5.41) is 8.61. The van der Waals surface area contributed by atoms with Crippen LogP contribution < -0.4 is 0 Å². The SMILES string of the molecule is C=CC(F)c1ccccc1C#N. The summed E-state index contributed by atoms with van der Waals surface area (Å²) in [7, 11) is 0. The number of benzene rings is 1. The van der Waals surface area contributed by atoms with Crippen molar-refractivity contribution < 1.29 is 4.39 Å². The van der Waals surface area contributed by atoms with Gasteiger partial charge in [-0.2, -0.15) is 5.26 Å². The highest BCUT2D eigenvalue weighted by Gasteiger charge is 2.08. The predicted octanol–water partition coefficient (Wildman–Crippen LogP) is 2.75. The third kappa shape index (κ3) is 1.51. The van der Waals surface area contributed by atoms with Crippen LogP contribution >= 0.6 is 0 Å². The Bertz CT molecular complexity index is 325. The number of rotatable bonds is 2. The van der Waals surface area contributed by atoms with Gasteiger partial charge < -0.3 is 0 Å². The van der Waals surface area contributed by atoms with Gasteiger partial charge in [0, 0.05) is 5.56 Å². The molecule has 0 spiro atoms. The fourth-order valence-corrected chi connectivity index (χ4v) is 0.966. The van der Waals surface area contributed by atoms with E-state index >= 15 is 0 Å². The molecule has 0 aromatic heterocycles. The zero-order valence-corrected chi connectivity index (χ0v) is 6.50. The summed E-state index contributed by atoms with van der Waals surface area (Å²) in [6.07, 6.45) is -0.0725. The monoisotopic (exact) mass is 161 g/mol. The van der Waals surface area contributed by atoms with Crippen molar-refractivity contribution in [2.45, 2.75) is 6.17 Å². The molecule has 0 fully saturated rings.